The number of fused-ring (bicyclic) bond motifs is 1. The summed E-state index contributed by atoms with van der Waals surface area (Å²) in [7, 11) is 0. The Balaban J connectivity index is 1.65. The van der Waals surface area contributed by atoms with Crippen LogP contribution in [0.1, 0.15) is 49.7 Å². The first kappa shape index (κ1) is 25.3. The number of anilines is 2. The van der Waals surface area contributed by atoms with Crippen molar-refractivity contribution in [2.24, 2.45) is 5.41 Å². The zero-order valence-corrected chi connectivity index (χ0v) is 19.6. The van der Waals surface area contributed by atoms with Crippen LogP contribution in [0.2, 0.25) is 0 Å². The molecule has 2 heterocycles. The van der Waals surface area contributed by atoms with E-state index in [0.717, 1.165) is 0 Å². The monoisotopic (exact) mass is 481 g/mol. The molecule has 12 heteroatoms. The highest BCUT2D eigenvalue weighted by molar-refractivity contribution is 5.99. The van der Waals surface area contributed by atoms with Gasteiger partial charge in [-0.1, -0.05) is 20.8 Å². The number of nitrogen functional groups attached to an aromatic ring is 1. The summed E-state index contributed by atoms with van der Waals surface area (Å²) in [6, 6.07) is 5.61. The number of carbonyl (C=O) groups is 3. The molecule has 184 valence electrons. The molecule has 35 heavy (non-hydrogen) atoms. The summed E-state index contributed by atoms with van der Waals surface area (Å²) in [5, 5.41) is 14.8. The van der Waals surface area contributed by atoms with Crippen LogP contribution in [0, 0.1) is 5.41 Å². The number of nitrogens with zero attached hydrogens (tertiary/aromatic N) is 3. The number of aromatic nitrogens is 4. The van der Waals surface area contributed by atoms with E-state index in [1.165, 1.54) is 6.20 Å². The molecule has 0 bridgehead atoms. The highest BCUT2D eigenvalue weighted by atomic mass is 16.4. The maximum Gasteiger partial charge on any atom is 0.303 e. The van der Waals surface area contributed by atoms with E-state index in [0.29, 0.717) is 16.9 Å². The molecule has 1 aromatic carbocycles. The molecule has 0 radical (unpaired) electrons. The summed E-state index contributed by atoms with van der Waals surface area (Å²) in [6.45, 7) is 5.42. The van der Waals surface area contributed by atoms with E-state index < -0.39 is 28.9 Å². The van der Waals surface area contributed by atoms with Crippen molar-refractivity contribution in [1.29, 1.82) is 0 Å². The number of nitrogens with two attached hydrogens (primary N) is 1. The number of benzene rings is 1. The van der Waals surface area contributed by atoms with Gasteiger partial charge in [-0.25, -0.2) is 9.97 Å². The van der Waals surface area contributed by atoms with Gasteiger partial charge in [-0.15, -0.1) is 0 Å². The number of H-pyrrole nitrogens is 1. The Morgan fingerprint density at radius 1 is 1.14 bits per heavy atom. The lowest BCUT2D eigenvalue weighted by atomic mass is 9.84. The number of carboxylic acids is 1. The number of hydrogen-bond donors (Lipinski definition) is 5. The van der Waals surface area contributed by atoms with Gasteiger partial charge in [0.1, 0.15) is 0 Å². The lowest BCUT2D eigenvalue weighted by molar-refractivity contribution is -0.137. The predicted molar refractivity (Wildman–Crippen MR) is 129 cm³/mol. The van der Waals surface area contributed by atoms with Crippen LogP contribution in [0.25, 0.3) is 11.2 Å². The van der Waals surface area contributed by atoms with Crippen LogP contribution < -0.4 is 21.9 Å². The fourth-order valence-corrected chi connectivity index (χ4v) is 3.29. The van der Waals surface area contributed by atoms with Gasteiger partial charge in [0.15, 0.2) is 16.9 Å². The third-order valence-electron chi connectivity index (χ3n) is 5.11. The highest BCUT2D eigenvalue weighted by Crippen LogP contribution is 2.20. The summed E-state index contributed by atoms with van der Waals surface area (Å²) >= 11 is 0. The number of amides is 1. The molecular formula is C23H27N7O5. The third-order valence-corrected chi connectivity index (χ3v) is 5.11. The van der Waals surface area contributed by atoms with E-state index in [4.69, 9.17) is 10.8 Å². The zero-order chi connectivity index (χ0) is 25.8. The summed E-state index contributed by atoms with van der Waals surface area (Å²) in [5.41, 5.74) is 6.01. The van der Waals surface area contributed by atoms with Gasteiger partial charge in [-0.2, -0.15) is 4.98 Å². The average Bonchev–Trinajstić information content (AvgIpc) is 2.79. The van der Waals surface area contributed by atoms with E-state index in [1.807, 2.05) is 0 Å². The lowest BCUT2D eigenvalue weighted by Gasteiger charge is -2.25. The van der Waals surface area contributed by atoms with Gasteiger partial charge in [0.25, 0.3) is 11.5 Å². The quantitative estimate of drug-likeness (QED) is 0.299. The second-order valence-electron chi connectivity index (χ2n) is 8.99. The van der Waals surface area contributed by atoms with Crippen molar-refractivity contribution in [3.8, 4) is 0 Å². The molecular weight excluding hydrogens is 454 g/mol. The fraction of sp³-hybridized carbons (Fsp3) is 0.348. The van der Waals surface area contributed by atoms with Crippen molar-refractivity contribution in [2.45, 2.75) is 46.2 Å². The van der Waals surface area contributed by atoms with Crippen LogP contribution in [-0.2, 0) is 16.1 Å². The highest BCUT2D eigenvalue weighted by Gasteiger charge is 2.31. The topological polar surface area (TPSA) is 193 Å². The molecule has 0 fully saturated rings. The minimum absolute atomic E-state index is 0.00849. The van der Waals surface area contributed by atoms with Gasteiger partial charge in [0.2, 0.25) is 5.95 Å². The lowest BCUT2D eigenvalue weighted by Crippen LogP contribution is -2.45. The summed E-state index contributed by atoms with van der Waals surface area (Å²) in [4.78, 5) is 63.0. The van der Waals surface area contributed by atoms with Crippen LogP contribution in [0.5, 0.6) is 0 Å². The average molecular weight is 482 g/mol. The molecule has 2 aromatic heterocycles. The Hall–Kier alpha value is -4.35. The minimum Gasteiger partial charge on any atom is -0.481 e. The van der Waals surface area contributed by atoms with Crippen LogP contribution in [0.4, 0.5) is 11.6 Å². The smallest absolute Gasteiger partial charge is 0.303 e. The standard InChI is InChI=1S/C23H27N7O5/c1-23(2,3)18(33)15(8-9-16(31)32)28-20(34)12-4-6-13(7-5-12)25-10-14-11-26-19-17(27-14)21(35)30-22(24)29-19/h4-7,11,15,25H,8-10H2,1-3H3,(H,28,34)(H,31,32)(H3,24,26,29,30,35). The maximum absolute atomic E-state index is 12.7. The number of rotatable bonds is 9. The summed E-state index contributed by atoms with van der Waals surface area (Å²) < 4.78 is 0. The Kier molecular flexibility index (Phi) is 7.43. The molecule has 1 unspecified atom stereocenters. The van der Waals surface area contributed by atoms with Gasteiger partial charge in [-0.3, -0.25) is 24.2 Å². The molecule has 6 N–H and O–H groups in total. The van der Waals surface area contributed by atoms with E-state index in [9.17, 15) is 19.2 Å². The van der Waals surface area contributed by atoms with E-state index in [-0.39, 0.29) is 42.3 Å². The molecule has 0 spiro atoms. The van der Waals surface area contributed by atoms with Crippen LogP contribution >= 0.6 is 0 Å². The molecule has 1 atom stereocenters. The van der Waals surface area contributed by atoms with Crippen LogP contribution in [-0.4, -0.2) is 48.7 Å². The third kappa shape index (κ3) is 6.59. The number of carboxylic acid groups (broad SMARTS) is 1. The number of hydrogen-bond acceptors (Lipinski definition) is 9. The second-order valence-corrected chi connectivity index (χ2v) is 8.99. The number of aliphatic carboxylic acids is 1. The maximum atomic E-state index is 12.7. The van der Waals surface area contributed by atoms with Gasteiger partial charge in [-0.05, 0) is 30.7 Å². The molecule has 1 amide bonds. The van der Waals surface area contributed by atoms with Gasteiger partial charge < -0.3 is 21.5 Å². The molecule has 0 aliphatic rings. The molecule has 0 saturated heterocycles. The first-order valence-electron chi connectivity index (χ1n) is 10.9. The molecule has 3 rings (SSSR count). The summed E-state index contributed by atoms with van der Waals surface area (Å²) in [6.07, 6.45) is 1.25. The number of ketones is 1. The molecule has 0 aliphatic carbocycles. The Bertz CT molecular complexity index is 1310. The Morgan fingerprint density at radius 2 is 1.83 bits per heavy atom. The fourth-order valence-electron chi connectivity index (χ4n) is 3.29. The van der Waals surface area contributed by atoms with Crippen molar-refractivity contribution in [3.63, 3.8) is 0 Å². The zero-order valence-electron chi connectivity index (χ0n) is 19.6. The minimum atomic E-state index is -1.04. The molecule has 3 aromatic rings. The molecule has 12 nitrogen and oxygen atoms in total. The van der Waals surface area contributed by atoms with Crippen molar-refractivity contribution in [3.05, 3.63) is 52.1 Å². The normalized spacial score (nSPS) is 12.2. The van der Waals surface area contributed by atoms with Gasteiger partial charge >= 0.3 is 5.97 Å². The van der Waals surface area contributed by atoms with E-state index in [2.05, 4.69) is 30.6 Å². The number of carbonyl (C=O) groups excluding carboxylic acids is 2. The second kappa shape index (κ2) is 10.3. The Labute approximate surface area is 200 Å². The van der Waals surface area contributed by atoms with Gasteiger partial charge in [0.05, 0.1) is 24.5 Å². The first-order valence-corrected chi connectivity index (χ1v) is 10.9. The molecule has 0 saturated carbocycles. The first-order chi connectivity index (χ1) is 16.4. The van der Waals surface area contributed by atoms with Crippen molar-refractivity contribution >= 4 is 40.5 Å². The van der Waals surface area contributed by atoms with Crippen LogP contribution in [0.3, 0.4) is 0 Å². The van der Waals surface area contributed by atoms with E-state index in [1.54, 1.807) is 45.0 Å². The number of aromatic amines is 1. The van der Waals surface area contributed by atoms with Crippen LogP contribution in [0.15, 0.2) is 35.3 Å². The largest absolute Gasteiger partial charge is 0.481 e. The number of nitrogens with one attached hydrogen (secondary N) is 3. The SMILES string of the molecule is CC(C)(C)C(=O)C(CCC(=O)O)NC(=O)c1ccc(NCc2cnc3nc(N)[nH]c(=O)c3n2)cc1. The predicted octanol–water partition coefficient (Wildman–Crippen LogP) is 1.49. The van der Waals surface area contributed by atoms with Gasteiger partial charge in [0, 0.05) is 23.1 Å². The number of Topliss-reactive ketones (excluding diaryl/α,β-unsaturated/α-hetero) is 1. The van der Waals surface area contributed by atoms with Crippen molar-refractivity contribution < 1.29 is 19.5 Å². The molecule has 0 aliphatic heterocycles. The summed E-state index contributed by atoms with van der Waals surface area (Å²) in [5.74, 6) is -1.79. The van der Waals surface area contributed by atoms with Crippen molar-refractivity contribution in [2.75, 3.05) is 11.1 Å². The van der Waals surface area contributed by atoms with E-state index >= 15 is 0 Å². The Morgan fingerprint density at radius 3 is 2.46 bits per heavy atom. The van der Waals surface area contributed by atoms with Crippen molar-refractivity contribution in [1.82, 2.24) is 25.3 Å².